The predicted molar refractivity (Wildman–Crippen MR) is 193 cm³/mol. The third-order valence-electron chi connectivity index (χ3n) is 10.7. The second-order valence-electron chi connectivity index (χ2n) is 13.3. The lowest BCUT2D eigenvalue weighted by Gasteiger charge is -2.48. The summed E-state index contributed by atoms with van der Waals surface area (Å²) in [5, 5.41) is 20.5. The van der Waals surface area contributed by atoms with Gasteiger partial charge in [0.05, 0.1) is 23.5 Å². The highest BCUT2D eigenvalue weighted by Gasteiger charge is 2.55. The summed E-state index contributed by atoms with van der Waals surface area (Å²) in [5.41, 5.74) is 2.84. The van der Waals surface area contributed by atoms with Crippen LogP contribution in [0.1, 0.15) is 81.4 Å². The number of ether oxygens (including phenoxy) is 1. The minimum Gasteiger partial charge on any atom is -0.463 e. The normalized spacial score (nSPS) is 21.7. The third kappa shape index (κ3) is 7.48. The van der Waals surface area contributed by atoms with Gasteiger partial charge in [0.2, 0.25) is 6.41 Å². The SMILES string of the molecule is CCC1=NC(CC)C(C(=O)OCCC#N)(N(C=O)CCCN2CCC(c3ccccc3)(c3ccccc3)CC2)CC1c1ccc([N+](=O)[O-])cc1. The Morgan fingerprint density at radius 1 is 1.04 bits per heavy atom. The van der Waals surface area contributed by atoms with E-state index in [1.165, 1.54) is 23.3 Å². The first kappa shape index (κ1) is 36.4. The van der Waals surface area contributed by atoms with Crippen molar-refractivity contribution in [2.24, 2.45) is 4.99 Å². The van der Waals surface area contributed by atoms with Crippen LogP contribution >= 0.6 is 0 Å². The van der Waals surface area contributed by atoms with Crippen molar-refractivity contribution in [1.29, 1.82) is 5.26 Å². The molecule has 3 unspecified atom stereocenters. The van der Waals surface area contributed by atoms with Crippen LogP contribution in [0.3, 0.4) is 0 Å². The number of amides is 1. The van der Waals surface area contributed by atoms with Crippen LogP contribution in [0.15, 0.2) is 89.9 Å². The zero-order valence-electron chi connectivity index (χ0n) is 29.1. The van der Waals surface area contributed by atoms with Crippen molar-refractivity contribution in [2.45, 2.75) is 81.7 Å². The van der Waals surface area contributed by atoms with Crippen LogP contribution < -0.4 is 0 Å². The standard InChI is InChI=1S/C40H47N5O5/c1-3-36-35(31-17-19-34(20-18-31)45(48)49)29-40(37(4-2)42-36,38(47)50-28-11-23-41)44(30-46)25-12-24-43-26-21-39(22-27-43,32-13-7-5-8-14-32)33-15-9-6-10-16-33/h5-10,13-20,30,35,37H,3-4,11-12,21-22,24-29H2,1-2H3. The van der Waals surface area contributed by atoms with Crippen molar-refractivity contribution in [3.8, 4) is 6.07 Å². The summed E-state index contributed by atoms with van der Waals surface area (Å²) in [6.07, 6.45) is 4.74. The molecule has 0 aromatic heterocycles. The number of non-ortho nitro benzene ring substituents is 1. The van der Waals surface area contributed by atoms with E-state index in [1.54, 1.807) is 17.0 Å². The van der Waals surface area contributed by atoms with E-state index in [0.717, 1.165) is 50.2 Å². The fraction of sp³-hybridized carbons (Fsp3) is 0.450. The van der Waals surface area contributed by atoms with Gasteiger partial charge in [-0.25, -0.2) is 4.79 Å². The van der Waals surface area contributed by atoms with Crippen molar-refractivity contribution in [3.05, 3.63) is 112 Å². The van der Waals surface area contributed by atoms with Gasteiger partial charge in [-0.05, 0) is 74.8 Å². The second-order valence-corrected chi connectivity index (χ2v) is 13.3. The number of hydrogen-bond donors (Lipinski definition) is 0. The average molecular weight is 678 g/mol. The summed E-state index contributed by atoms with van der Waals surface area (Å²) in [7, 11) is 0. The molecule has 0 spiro atoms. The van der Waals surface area contributed by atoms with E-state index >= 15 is 0 Å². The molecule has 0 aliphatic carbocycles. The number of nitrogens with zero attached hydrogens (tertiary/aromatic N) is 5. The smallest absolute Gasteiger partial charge is 0.334 e. The number of nitro benzene ring substituents is 1. The van der Waals surface area contributed by atoms with Gasteiger partial charge >= 0.3 is 5.97 Å². The van der Waals surface area contributed by atoms with Gasteiger partial charge in [0.1, 0.15) is 6.61 Å². The molecular formula is C40H47N5O5. The number of nitro groups is 1. The molecule has 3 aromatic rings. The van der Waals surface area contributed by atoms with Crippen LogP contribution in [0, 0.1) is 21.4 Å². The topological polar surface area (TPSA) is 129 Å². The van der Waals surface area contributed by atoms with Crippen molar-refractivity contribution in [2.75, 3.05) is 32.8 Å². The van der Waals surface area contributed by atoms with E-state index in [1.807, 2.05) is 19.9 Å². The summed E-state index contributed by atoms with van der Waals surface area (Å²) in [5.74, 6) is -0.910. The van der Waals surface area contributed by atoms with Crippen LogP contribution in [-0.2, 0) is 19.7 Å². The molecule has 1 saturated heterocycles. The van der Waals surface area contributed by atoms with E-state index in [2.05, 4.69) is 65.6 Å². The number of nitriles is 1. The fourth-order valence-electron chi connectivity index (χ4n) is 8.05. The maximum absolute atomic E-state index is 14.2. The second kappa shape index (κ2) is 16.7. The molecule has 10 heteroatoms. The molecule has 50 heavy (non-hydrogen) atoms. The summed E-state index contributed by atoms with van der Waals surface area (Å²) < 4.78 is 5.72. The Kier molecular flexibility index (Phi) is 12.1. The van der Waals surface area contributed by atoms with Crippen LogP contribution in [0.2, 0.25) is 0 Å². The molecule has 5 rings (SSSR count). The largest absolute Gasteiger partial charge is 0.463 e. The van der Waals surface area contributed by atoms with Crippen LogP contribution in [0.4, 0.5) is 5.69 Å². The molecular weight excluding hydrogens is 630 g/mol. The number of carbonyl (C=O) groups excluding carboxylic acids is 2. The van der Waals surface area contributed by atoms with Gasteiger partial charge in [-0.1, -0.05) is 86.6 Å². The van der Waals surface area contributed by atoms with E-state index < -0.39 is 22.5 Å². The van der Waals surface area contributed by atoms with E-state index in [9.17, 15) is 19.7 Å². The Bertz CT molecular complexity index is 1620. The monoisotopic (exact) mass is 677 g/mol. The van der Waals surface area contributed by atoms with E-state index in [0.29, 0.717) is 25.8 Å². The number of piperidine rings is 1. The number of benzene rings is 3. The maximum atomic E-state index is 14.2. The Morgan fingerprint density at radius 2 is 1.66 bits per heavy atom. The highest BCUT2D eigenvalue weighted by atomic mass is 16.6. The highest BCUT2D eigenvalue weighted by Crippen LogP contribution is 2.44. The average Bonchev–Trinajstić information content (AvgIpc) is 3.17. The molecule has 0 N–H and O–H groups in total. The molecule has 0 saturated carbocycles. The number of carbonyl (C=O) groups is 2. The molecule has 2 heterocycles. The van der Waals surface area contributed by atoms with E-state index in [-0.39, 0.29) is 36.5 Å². The summed E-state index contributed by atoms with van der Waals surface area (Å²) in [4.78, 5) is 47.2. The van der Waals surface area contributed by atoms with Gasteiger partial charge in [-0.15, -0.1) is 0 Å². The first-order valence-electron chi connectivity index (χ1n) is 17.7. The Hall–Kier alpha value is -4.88. The fourth-order valence-corrected chi connectivity index (χ4v) is 8.05. The molecule has 0 radical (unpaired) electrons. The van der Waals surface area contributed by atoms with Gasteiger partial charge < -0.3 is 14.5 Å². The lowest BCUT2D eigenvalue weighted by molar-refractivity contribution is -0.384. The molecule has 3 atom stereocenters. The zero-order valence-corrected chi connectivity index (χ0v) is 29.1. The first-order chi connectivity index (χ1) is 24.3. The highest BCUT2D eigenvalue weighted by molar-refractivity contribution is 5.95. The Labute approximate surface area is 294 Å². The molecule has 2 aliphatic rings. The van der Waals surface area contributed by atoms with E-state index in [4.69, 9.17) is 15.0 Å². The molecule has 1 fully saturated rings. The Morgan fingerprint density at radius 3 is 2.18 bits per heavy atom. The molecule has 0 bridgehead atoms. The van der Waals surface area contributed by atoms with Crippen LogP contribution in [-0.4, -0.2) is 77.2 Å². The number of likely N-dealkylation sites (tertiary alicyclic amines) is 1. The van der Waals surface area contributed by atoms with Crippen molar-refractivity contribution in [1.82, 2.24) is 9.80 Å². The maximum Gasteiger partial charge on any atom is 0.334 e. The van der Waals surface area contributed by atoms with Crippen LogP contribution in [0.5, 0.6) is 0 Å². The quantitative estimate of drug-likeness (QED) is 0.0566. The summed E-state index contributed by atoms with van der Waals surface area (Å²) in [6, 6.07) is 29.3. The summed E-state index contributed by atoms with van der Waals surface area (Å²) >= 11 is 0. The number of rotatable bonds is 15. The molecule has 3 aromatic carbocycles. The molecule has 10 nitrogen and oxygen atoms in total. The molecule has 1 amide bonds. The van der Waals surface area contributed by atoms with Crippen molar-refractivity contribution >= 4 is 23.8 Å². The van der Waals surface area contributed by atoms with Gasteiger partial charge in [0.15, 0.2) is 5.54 Å². The molecule has 262 valence electrons. The van der Waals surface area contributed by atoms with Gasteiger partial charge in [-0.3, -0.25) is 19.9 Å². The van der Waals surface area contributed by atoms with Crippen LogP contribution in [0.25, 0.3) is 0 Å². The number of hydrogen-bond acceptors (Lipinski definition) is 8. The lowest BCUT2D eigenvalue weighted by atomic mass is 9.68. The van der Waals surface area contributed by atoms with Gasteiger partial charge in [-0.2, -0.15) is 5.26 Å². The van der Waals surface area contributed by atoms with Crippen molar-refractivity contribution in [3.63, 3.8) is 0 Å². The minimum atomic E-state index is -1.39. The number of aliphatic imine (C=N–C) groups is 1. The zero-order chi connectivity index (χ0) is 35.6. The lowest BCUT2D eigenvalue weighted by Crippen LogP contribution is -2.64. The third-order valence-corrected chi connectivity index (χ3v) is 10.7. The molecule has 2 aliphatic heterocycles. The Balaban J connectivity index is 1.37. The first-order valence-corrected chi connectivity index (χ1v) is 17.7. The van der Waals surface area contributed by atoms with Crippen molar-refractivity contribution < 1.29 is 19.2 Å². The number of esters is 1. The predicted octanol–water partition coefficient (Wildman–Crippen LogP) is 6.84. The van der Waals surface area contributed by atoms with Gasteiger partial charge in [0, 0.05) is 35.7 Å². The summed E-state index contributed by atoms with van der Waals surface area (Å²) in [6.45, 7) is 6.76. The minimum absolute atomic E-state index is 0.0230. The van der Waals surface area contributed by atoms with Gasteiger partial charge in [0.25, 0.3) is 5.69 Å².